The molecule has 0 unspecified atom stereocenters. The average molecular weight is 479 g/mol. The molecule has 1 aliphatic rings. The number of ether oxygens (including phenoxy) is 1. The second-order valence-corrected chi connectivity index (χ2v) is 8.71. The van der Waals surface area contributed by atoms with Gasteiger partial charge in [-0.2, -0.15) is 0 Å². The maximum Gasteiger partial charge on any atom is 0.250 e. The van der Waals surface area contributed by atoms with E-state index in [1.54, 1.807) is 6.92 Å². The van der Waals surface area contributed by atoms with Crippen LogP contribution in [0.15, 0.2) is 60.7 Å². The van der Waals surface area contributed by atoms with Crippen LogP contribution in [-0.2, 0) is 20.9 Å². The molecule has 0 bridgehead atoms. The SMILES string of the molecule is C=C(C)CN(C(=O)CCl)C1(C(=O)Nc2ccc(Cl)cc2F)CC(OCc2ccccc2)C1. The Bertz CT molecular complexity index is 994. The topological polar surface area (TPSA) is 58.6 Å². The van der Waals surface area contributed by atoms with Crippen molar-refractivity contribution in [2.45, 2.75) is 38.0 Å². The van der Waals surface area contributed by atoms with E-state index in [2.05, 4.69) is 11.9 Å². The summed E-state index contributed by atoms with van der Waals surface area (Å²) in [5.74, 6) is -1.85. The van der Waals surface area contributed by atoms with Crippen molar-refractivity contribution in [1.82, 2.24) is 4.90 Å². The first-order chi connectivity index (χ1) is 15.2. The highest BCUT2D eigenvalue weighted by Gasteiger charge is 2.56. The lowest BCUT2D eigenvalue weighted by molar-refractivity contribution is -0.162. The molecule has 0 heterocycles. The van der Waals surface area contributed by atoms with E-state index >= 15 is 0 Å². The lowest BCUT2D eigenvalue weighted by Crippen LogP contribution is -2.68. The smallest absolute Gasteiger partial charge is 0.250 e. The monoisotopic (exact) mass is 478 g/mol. The third kappa shape index (κ3) is 5.49. The Balaban J connectivity index is 1.81. The highest BCUT2D eigenvalue weighted by molar-refractivity contribution is 6.30. The molecule has 3 rings (SSSR count). The molecule has 2 aromatic carbocycles. The molecule has 1 fully saturated rings. The second-order valence-electron chi connectivity index (χ2n) is 8.01. The summed E-state index contributed by atoms with van der Waals surface area (Å²) >= 11 is 11.7. The van der Waals surface area contributed by atoms with Gasteiger partial charge in [0.05, 0.1) is 18.4 Å². The Hall–Kier alpha value is -2.41. The largest absolute Gasteiger partial charge is 0.373 e. The molecular weight excluding hydrogens is 454 g/mol. The van der Waals surface area contributed by atoms with Crippen LogP contribution in [0.5, 0.6) is 0 Å². The number of benzene rings is 2. The summed E-state index contributed by atoms with van der Waals surface area (Å²) < 4.78 is 20.3. The minimum atomic E-state index is -1.22. The lowest BCUT2D eigenvalue weighted by atomic mass is 9.71. The fourth-order valence-electron chi connectivity index (χ4n) is 3.78. The molecule has 0 aliphatic heterocycles. The molecule has 0 atom stereocenters. The van der Waals surface area contributed by atoms with E-state index in [1.807, 2.05) is 30.3 Å². The van der Waals surface area contributed by atoms with Crippen LogP contribution in [0.3, 0.4) is 0 Å². The Morgan fingerprint density at radius 2 is 1.94 bits per heavy atom. The predicted octanol–water partition coefficient (Wildman–Crippen LogP) is 5.18. The zero-order chi connectivity index (χ0) is 23.3. The van der Waals surface area contributed by atoms with Crippen molar-refractivity contribution in [3.63, 3.8) is 0 Å². The highest BCUT2D eigenvalue weighted by atomic mass is 35.5. The van der Waals surface area contributed by atoms with E-state index in [9.17, 15) is 14.0 Å². The Morgan fingerprint density at radius 3 is 2.53 bits per heavy atom. The number of carbonyl (C=O) groups excluding carboxylic acids is 2. The minimum Gasteiger partial charge on any atom is -0.373 e. The molecule has 1 saturated carbocycles. The number of hydrogen-bond acceptors (Lipinski definition) is 3. The van der Waals surface area contributed by atoms with Gasteiger partial charge in [-0.1, -0.05) is 54.1 Å². The van der Waals surface area contributed by atoms with Crippen LogP contribution in [0.2, 0.25) is 5.02 Å². The number of carbonyl (C=O) groups is 2. The summed E-state index contributed by atoms with van der Waals surface area (Å²) in [6, 6.07) is 13.7. The molecule has 32 heavy (non-hydrogen) atoms. The van der Waals surface area contributed by atoms with E-state index in [0.717, 1.165) is 11.6 Å². The van der Waals surface area contributed by atoms with Crippen LogP contribution in [0, 0.1) is 5.82 Å². The van der Waals surface area contributed by atoms with Crippen LogP contribution >= 0.6 is 23.2 Å². The van der Waals surface area contributed by atoms with Crippen molar-refractivity contribution >= 4 is 40.7 Å². The highest BCUT2D eigenvalue weighted by Crippen LogP contribution is 2.42. The number of rotatable bonds is 9. The van der Waals surface area contributed by atoms with Crippen molar-refractivity contribution in [2.75, 3.05) is 17.7 Å². The molecule has 0 spiro atoms. The first kappa shape index (κ1) is 24.2. The Labute approximate surface area is 197 Å². The number of alkyl halides is 1. The summed E-state index contributed by atoms with van der Waals surface area (Å²) in [6.45, 7) is 6.18. The normalized spacial score (nSPS) is 19.7. The Morgan fingerprint density at radius 1 is 1.25 bits per heavy atom. The fourth-order valence-corrected chi connectivity index (χ4v) is 4.08. The number of nitrogens with zero attached hydrogens (tertiary/aromatic N) is 1. The van der Waals surface area contributed by atoms with Crippen molar-refractivity contribution in [1.29, 1.82) is 0 Å². The summed E-state index contributed by atoms with van der Waals surface area (Å²) in [4.78, 5) is 27.5. The van der Waals surface area contributed by atoms with E-state index in [0.29, 0.717) is 12.2 Å². The molecule has 2 amide bonds. The van der Waals surface area contributed by atoms with Crippen molar-refractivity contribution in [3.8, 4) is 0 Å². The first-order valence-corrected chi connectivity index (χ1v) is 11.1. The lowest BCUT2D eigenvalue weighted by Gasteiger charge is -2.52. The molecule has 0 saturated heterocycles. The first-order valence-electron chi connectivity index (χ1n) is 10.2. The minimum absolute atomic E-state index is 0.0129. The number of anilines is 1. The van der Waals surface area contributed by atoms with Crippen molar-refractivity contribution in [2.24, 2.45) is 0 Å². The summed E-state index contributed by atoms with van der Waals surface area (Å²) in [5, 5.41) is 2.83. The van der Waals surface area contributed by atoms with Crippen molar-refractivity contribution in [3.05, 3.63) is 77.1 Å². The van der Waals surface area contributed by atoms with Gasteiger partial charge in [-0.3, -0.25) is 9.59 Å². The van der Waals surface area contributed by atoms with Crippen LogP contribution in [0.1, 0.15) is 25.3 Å². The standard InChI is InChI=1S/C24H25Cl2FN2O3/c1-16(2)14-29(22(30)13-25)24(23(31)28-21-9-8-18(26)10-20(21)27)11-19(12-24)32-15-17-6-4-3-5-7-17/h3-10,19H,1,11-15H2,2H3,(H,28,31). The third-order valence-electron chi connectivity index (χ3n) is 5.42. The maximum atomic E-state index is 14.3. The number of hydrogen-bond donors (Lipinski definition) is 1. The molecule has 2 aromatic rings. The molecule has 0 aromatic heterocycles. The molecule has 1 aliphatic carbocycles. The third-order valence-corrected chi connectivity index (χ3v) is 5.89. The van der Waals surface area contributed by atoms with Gasteiger partial charge in [-0.25, -0.2) is 4.39 Å². The average Bonchev–Trinajstić information content (AvgIpc) is 2.73. The van der Waals surface area contributed by atoms with E-state index in [4.69, 9.17) is 27.9 Å². The van der Waals surface area contributed by atoms with Gasteiger partial charge in [0.15, 0.2) is 0 Å². The zero-order valence-corrected chi connectivity index (χ0v) is 19.3. The Kier molecular flexibility index (Phi) is 7.93. The van der Waals surface area contributed by atoms with E-state index < -0.39 is 23.2 Å². The van der Waals surface area contributed by atoms with Gasteiger partial charge in [0.2, 0.25) is 5.91 Å². The summed E-state index contributed by atoms with van der Waals surface area (Å²) in [5.41, 5.74) is 0.467. The fraction of sp³-hybridized carbons (Fsp3) is 0.333. The predicted molar refractivity (Wildman–Crippen MR) is 124 cm³/mol. The van der Waals surface area contributed by atoms with Crippen molar-refractivity contribution < 1.29 is 18.7 Å². The van der Waals surface area contributed by atoms with Gasteiger partial charge in [0.1, 0.15) is 17.2 Å². The number of amides is 2. The summed E-state index contributed by atoms with van der Waals surface area (Å²) in [7, 11) is 0. The van der Waals surface area contributed by atoms with E-state index in [-0.39, 0.29) is 42.1 Å². The molecule has 5 nitrogen and oxygen atoms in total. The summed E-state index contributed by atoms with van der Waals surface area (Å²) in [6.07, 6.45) is 0.278. The van der Waals surface area contributed by atoms with Gasteiger partial charge in [0, 0.05) is 24.4 Å². The molecule has 8 heteroatoms. The number of nitrogens with one attached hydrogen (secondary N) is 1. The quantitative estimate of drug-likeness (QED) is 0.399. The van der Waals surface area contributed by atoms with Crippen LogP contribution in [0.25, 0.3) is 0 Å². The van der Waals surface area contributed by atoms with Crippen LogP contribution in [-0.4, -0.2) is 40.8 Å². The maximum absolute atomic E-state index is 14.3. The molecular formula is C24H25Cl2FN2O3. The van der Waals surface area contributed by atoms with Crippen LogP contribution in [0.4, 0.5) is 10.1 Å². The van der Waals surface area contributed by atoms with Gasteiger partial charge >= 0.3 is 0 Å². The van der Waals surface area contributed by atoms with Gasteiger partial charge in [0.25, 0.3) is 5.91 Å². The molecule has 1 N–H and O–H groups in total. The van der Waals surface area contributed by atoms with Gasteiger partial charge in [-0.05, 0) is 30.7 Å². The van der Waals surface area contributed by atoms with Gasteiger partial charge in [-0.15, -0.1) is 11.6 Å². The second kappa shape index (κ2) is 10.5. The molecule has 170 valence electrons. The van der Waals surface area contributed by atoms with Gasteiger partial charge < -0.3 is 15.0 Å². The van der Waals surface area contributed by atoms with E-state index in [1.165, 1.54) is 17.0 Å². The number of halogens is 3. The molecule has 0 radical (unpaired) electrons. The van der Waals surface area contributed by atoms with Crippen LogP contribution < -0.4 is 5.32 Å². The zero-order valence-electron chi connectivity index (χ0n) is 17.7.